The fraction of sp³-hybridized carbons (Fsp3) is 0.444. The molecule has 4 nitrogen and oxygen atoms in total. The Labute approximate surface area is 131 Å². The van der Waals surface area contributed by atoms with Crippen molar-refractivity contribution in [3.05, 3.63) is 41.5 Å². The third-order valence-corrected chi connectivity index (χ3v) is 3.92. The minimum atomic E-state index is -0.793. The van der Waals surface area contributed by atoms with E-state index >= 15 is 0 Å². The van der Waals surface area contributed by atoms with Gasteiger partial charge in [0.2, 0.25) is 0 Å². The first-order valence-corrected chi connectivity index (χ1v) is 7.71. The zero-order valence-electron chi connectivity index (χ0n) is 13.4. The highest BCUT2D eigenvalue weighted by Crippen LogP contribution is 2.21. The van der Waals surface area contributed by atoms with Crippen LogP contribution in [0, 0.1) is 19.8 Å². The molecule has 0 bridgehead atoms. The van der Waals surface area contributed by atoms with Gasteiger partial charge in [0.25, 0.3) is 5.91 Å². The number of rotatable bonds is 4. The molecular weight excluding hydrogens is 278 g/mol. The molecule has 0 spiro atoms. The van der Waals surface area contributed by atoms with Gasteiger partial charge < -0.3 is 10.1 Å². The van der Waals surface area contributed by atoms with E-state index in [2.05, 4.69) is 11.4 Å². The second-order valence-corrected chi connectivity index (χ2v) is 5.87. The van der Waals surface area contributed by atoms with Crippen molar-refractivity contribution in [2.75, 3.05) is 5.32 Å². The van der Waals surface area contributed by atoms with E-state index in [0.29, 0.717) is 6.42 Å². The van der Waals surface area contributed by atoms with Gasteiger partial charge in [0.1, 0.15) is 0 Å². The molecule has 2 atom stereocenters. The highest BCUT2D eigenvalue weighted by molar-refractivity contribution is 5.95. The van der Waals surface area contributed by atoms with E-state index in [-0.39, 0.29) is 17.8 Å². The van der Waals surface area contributed by atoms with Crippen LogP contribution >= 0.6 is 0 Å². The summed E-state index contributed by atoms with van der Waals surface area (Å²) in [5.74, 6) is -0.706. The monoisotopic (exact) mass is 301 g/mol. The predicted molar refractivity (Wildman–Crippen MR) is 86.6 cm³/mol. The maximum Gasteiger partial charge on any atom is 0.310 e. The minimum Gasteiger partial charge on any atom is -0.452 e. The topological polar surface area (TPSA) is 55.4 Å². The Balaban J connectivity index is 1.93. The van der Waals surface area contributed by atoms with Crippen LogP contribution in [0.2, 0.25) is 0 Å². The van der Waals surface area contributed by atoms with Gasteiger partial charge in [-0.15, -0.1) is 0 Å². The lowest BCUT2D eigenvalue weighted by molar-refractivity contribution is -0.157. The Morgan fingerprint density at radius 3 is 2.73 bits per heavy atom. The fourth-order valence-corrected chi connectivity index (χ4v) is 2.44. The van der Waals surface area contributed by atoms with Crippen LogP contribution in [0.4, 0.5) is 5.69 Å². The number of nitrogens with one attached hydrogen (secondary N) is 1. The van der Waals surface area contributed by atoms with E-state index in [1.807, 2.05) is 38.1 Å². The first kappa shape index (κ1) is 16.3. The molecular formula is C18H23NO3. The van der Waals surface area contributed by atoms with Gasteiger partial charge in [-0.2, -0.15) is 0 Å². The summed E-state index contributed by atoms with van der Waals surface area (Å²) in [7, 11) is 0. The second-order valence-electron chi connectivity index (χ2n) is 5.87. The van der Waals surface area contributed by atoms with Gasteiger partial charge in [-0.25, -0.2) is 0 Å². The smallest absolute Gasteiger partial charge is 0.310 e. The average Bonchev–Trinajstić information content (AvgIpc) is 2.51. The minimum absolute atomic E-state index is 0.124. The number of aryl methyl sites for hydroxylation is 2. The number of carbonyl (C=O) groups excluding carboxylic acids is 2. The Bertz CT molecular complexity index is 592. The molecule has 2 rings (SSSR count). The molecule has 1 N–H and O–H groups in total. The first-order chi connectivity index (χ1) is 10.5. The van der Waals surface area contributed by atoms with E-state index in [4.69, 9.17) is 4.74 Å². The molecule has 0 heterocycles. The molecule has 4 heteroatoms. The Kier molecular flexibility index (Phi) is 5.36. The molecule has 0 saturated carbocycles. The molecule has 0 fully saturated rings. The highest BCUT2D eigenvalue weighted by Gasteiger charge is 2.25. The van der Waals surface area contributed by atoms with Crippen molar-refractivity contribution in [2.24, 2.45) is 5.92 Å². The van der Waals surface area contributed by atoms with E-state index in [1.165, 1.54) is 0 Å². The first-order valence-electron chi connectivity index (χ1n) is 7.71. The van der Waals surface area contributed by atoms with Crippen molar-refractivity contribution in [3.8, 4) is 0 Å². The number of amides is 1. The Morgan fingerprint density at radius 1 is 1.27 bits per heavy atom. The van der Waals surface area contributed by atoms with Crippen LogP contribution in [0.25, 0.3) is 0 Å². The van der Waals surface area contributed by atoms with Crippen molar-refractivity contribution < 1.29 is 14.3 Å². The summed E-state index contributed by atoms with van der Waals surface area (Å²) in [6, 6.07) is 5.86. The molecule has 1 aliphatic rings. The molecule has 0 aromatic heterocycles. The third-order valence-electron chi connectivity index (χ3n) is 3.92. The second kappa shape index (κ2) is 7.25. The largest absolute Gasteiger partial charge is 0.452 e. The highest BCUT2D eigenvalue weighted by atomic mass is 16.5. The van der Waals surface area contributed by atoms with E-state index in [0.717, 1.165) is 29.7 Å². The summed E-state index contributed by atoms with van der Waals surface area (Å²) in [5.41, 5.74) is 2.81. The predicted octanol–water partition coefficient (Wildman–Crippen LogP) is 3.53. The number of allylic oxidation sites excluding steroid dienone is 2. The van der Waals surface area contributed by atoms with Crippen LogP contribution in [0.3, 0.4) is 0 Å². The van der Waals surface area contributed by atoms with Crippen molar-refractivity contribution in [1.29, 1.82) is 0 Å². The SMILES string of the molecule is Cc1ccc(C)c(NC(=O)[C@@H](C)OC(=O)[C@H]2CC=CCC2)c1. The lowest BCUT2D eigenvalue weighted by Gasteiger charge is -2.20. The summed E-state index contributed by atoms with van der Waals surface area (Å²) >= 11 is 0. The standard InChI is InChI=1S/C18H23NO3/c1-12-9-10-13(2)16(11-12)19-17(20)14(3)22-18(21)15-7-5-4-6-8-15/h4-5,9-11,14-15H,6-8H2,1-3H3,(H,19,20)/t14-,15+/m1/s1. The van der Waals surface area contributed by atoms with E-state index in [1.54, 1.807) is 6.92 Å². The summed E-state index contributed by atoms with van der Waals surface area (Å²) in [6.45, 7) is 5.51. The van der Waals surface area contributed by atoms with Gasteiger partial charge in [0, 0.05) is 5.69 Å². The Hall–Kier alpha value is -2.10. The van der Waals surface area contributed by atoms with Crippen LogP contribution in [-0.2, 0) is 14.3 Å². The van der Waals surface area contributed by atoms with Gasteiger partial charge in [-0.1, -0.05) is 24.3 Å². The molecule has 1 aromatic carbocycles. The molecule has 0 saturated heterocycles. The number of benzene rings is 1. The normalized spacial score (nSPS) is 18.6. The lowest BCUT2D eigenvalue weighted by atomic mass is 9.95. The molecule has 0 radical (unpaired) electrons. The molecule has 1 aliphatic carbocycles. The zero-order valence-corrected chi connectivity index (χ0v) is 13.4. The zero-order chi connectivity index (χ0) is 16.1. The maximum absolute atomic E-state index is 12.2. The summed E-state index contributed by atoms with van der Waals surface area (Å²) in [6.07, 6.45) is 5.66. The number of hydrogen-bond donors (Lipinski definition) is 1. The van der Waals surface area contributed by atoms with Gasteiger partial charge in [-0.05, 0) is 57.2 Å². The van der Waals surface area contributed by atoms with Gasteiger partial charge in [-0.3, -0.25) is 9.59 Å². The number of anilines is 1. The lowest BCUT2D eigenvalue weighted by Crippen LogP contribution is -2.32. The van der Waals surface area contributed by atoms with Crippen LogP contribution in [0.15, 0.2) is 30.4 Å². The Morgan fingerprint density at radius 2 is 2.05 bits per heavy atom. The fourth-order valence-electron chi connectivity index (χ4n) is 2.44. The van der Waals surface area contributed by atoms with Gasteiger partial charge in [0.15, 0.2) is 6.10 Å². The van der Waals surface area contributed by atoms with Crippen LogP contribution in [0.5, 0.6) is 0 Å². The molecule has 0 unspecified atom stereocenters. The van der Waals surface area contributed by atoms with Crippen LogP contribution in [-0.4, -0.2) is 18.0 Å². The summed E-state index contributed by atoms with van der Waals surface area (Å²) < 4.78 is 5.31. The quantitative estimate of drug-likeness (QED) is 0.683. The van der Waals surface area contributed by atoms with Crippen molar-refractivity contribution in [1.82, 2.24) is 0 Å². The molecule has 1 amide bonds. The summed E-state index contributed by atoms with van der Waals surface area (Å²) in [5, 5.41) is 2.83. The summed E-state index contributed by atoms with van der Waals surface area (Å²) in [4.78, 5) is 24.2. The molecule has 22 heavy (non-hydrogen) atoms. The molecule has 1 aromatic rings. The number of hydrogen-bond acceptors (Lipinski definition) is 3. The van der Waals surface area contributed by atoms with Crippen LogP contribution in [0.1, 0.15) is 37.3 Å². The number of ether oxygens (including phenoxy) is 1. The average molecular weight is 301 g/mol. The van der Waals surface area contributed by atoms with Crippen LogP contribution < -0.4 is 5.32 Å². The third kappa shape index (κ3) is 4.20. The van der Waals surface area contributed by atoms with Gasteiger partial charge in [0.05, 0.1) is 5.92 Å². The van der Waals surface area contributed by atoms with Gasteiger partial charge >= 0.3 is 5.97 Å². The van der Waals surface area contributed by atoms with Crippen molar-refractivity contribution in [2.45, 2.75) is 46.1 Å². The van der Waals surface area contributed by atoms with E-state index < -0.39 is 6.10 Å². The number of esters is 1. The van der Waals surface area contributed by atoms with E-state index in [9.17, 15) is 9.59 Å². The maximum atomic E-state index is 12.2. The van der Waals surface area contributed by atoms with Crippen molar-refractivity contribution >= 4 is 17.6 Å². The molecule has 0 aliphatic heterocycles. The molecule has 118 valence electrons. The number of carbonyl (C=O) groups is 2. The van der Waals surface area contributed by atoms with Crippen molar-refractivity contribution in [3.63, 3.8) is 0 Å².